The van der Waals surface area contributed by atoms with Gasteiger partial charge in [0.05, 0.1) is 0 Å². The molecule has 1 unspecified atom stereocenters. The number of likely N-dealkylation sites (tertiary alicyclic amines) is 1. The van der Waals surface area contributed by atoms with Gasteiger partial charge in [0.2, 0.25) is 0 Å². The minimum atomic E-state index is 0.430. The van der Waals surface area contributed by atoms with Crippen LogP contribution >= 0.6 is 28.1 Å². The number of nitrogens with one attached hydrogen (secondary N) is 1. The summed E-state index contributed by atoms with van der Waals surface area (Å²) in [5.74, 6) is 0. The smallest absolute Gasteiger partial charge is 0.104 e. The van der Waals surface area contributed by atoms with E-state index in [4.69, 9.17) is 18.0 Å². The van der Waals surface area contributed by atoms with Crippen molar-refractivity contribution in [1.82, 2.24) is 4.90 Å². The maximum absolute atomic E-state index is 5.64. The predicted octanol–water partition coefficient (Wildman–Crippen LogP) is 3.37. The Hall–Kier alpha value is -0.650. The van der Waals surface area contributed by atoms with Gasteiger partial charge in [0.25, 0.3) is 0 Å². The number of hydrogen-bond acceptors (Lipinski definition) is 3. The molecule has 3 N–H and O–H groups in total. The van der Waals surface area contributed by atoms with Crippen LogP contribution in [0.5, 0.6) is 0 Å². The molecule has 1 aromatic carbocycles. The van der Waals surface area contributed by atoms with Gasteiger partial charge in [-0.25, -0.2) is 0 Å². The highest BCUT2D eigenvalue weighted by atomic mass is 79.9. The molecule has 0 saturated carbocycles. The van der Waals surface area contributed by atoms with E-state index in [1.54, 1.807) is 0 Å². The molecule has 0 bridgehead atoms. The number of piperidine rings is 1. The van der Waals surface area contributed by atoms with E-state index in [1.807, 2.05) is 18.2 Å². The first-order chi connectivity index (χ1) is 9.58. The second kappa shape index (κ2) is 7.38. The van der Waals surface area contributed by atoms with Crippen LogP contribution in [0.1, 0.15) is 31.7 Å². The van der Waals surface area contributed by atoms with Crippen molar-refractivity contribution in [3.8, 4) is 0 Å². The zero-order valence-electron chi connectivity index (χ0n) is 11.9. The molecule has 0 aromatic heterocycles. The largest absolute Gasteiger partial charge is 0.389 e. The summed E-state index contributed by atoms with van der Waals surface area (Å²) in [5, 5.41) is 3.50. The highest BCUT2D eigenvalue weighted by Crippen LogP contribution is 2.24. The molecule has 0 amide bonds. The van der Waals surface area contributed by atoms with Crippen LogP contribution in [-0.4, -0.2) is 35.6 Å². The SMILES string of the molecule is CC(CNc1ccc(C(N)=S)cc1Br)N1CCCCC1. The molecule has 0 radical (unpaired) electrons. The van der Waals surface area contributed by atoms with Crippen LogP contribution in [0.3, 0.4) is 0 Å². The average molecular weight is 356 g/mol. The molecule has 1 fully saturated rings. The van der Waals surface area contributed by atoms with E-state index in [-0.39, 0.29) is 0 Å². The first-order valence-corrected chi connectivity index (χ1v) is 8.35. The number of hydrogen-bond donors (Lipinski definition) is 2. The lowest BCUT2D eigenvalue weighted by Gasteiger charge is -2.32. The van der Waals surface area contributed by atoms with Crippen LogP contribution in [0.4, 0.5) is 5.69 Å². The third kappa shape index (κ3) is 4.17. The van der Waals surface area contributed by atoms with Crippen LogP contribution < -0.4 is 11.1 Å². The number of nitrogens with two attached hydrogens (primary N) is 1. The highest BCUT2D eigenvalue weighted by Gasteiger charge is 2.16. The first-order valence-electron chi connectivity index (χ1n) is 7.15. The number of benzene rings is 1. The Morgan fingerprint density at radius 2 is 2.10 bits per heavy atom. The van der Waals surface area contributed by atoms with Gasteiger partial charge in [0.1, 0.15) is 4.99 Å². The van der Waals surface area contributed by atoms with Crippen molar-refractivity contribution in [2.45, 2.75) is 32.2 Å². The number of halogens is 1. The van der Waals surface area contributed by atoms with Gasteiger partial charge < -0.3 is 11.1 Å². The average Bonchev–Trinajstić information content (AvgIpc) is 2.46. The second-order valence-corrected chi connectivity index (χ2v) is 6.68. The van der Waals surface area contributed by atoms with Crippen LogP contribution in [0, 0.1) is 0 Å². The summed E-state index contributed by atoms with van der Waals surface area (Å²) < 4.78 is 1.01. The molecule has 1 aliphatic heterocycles. The fourth-order valence-corrected chi connectivity index (χ4v) is 3.20. The van der Waals surface area contributed by atoms with Gasteiger partial charge in [-0.1, -0.05) is 18.6 Å². The summed E-state index contributed by atoms with van der Waals surface area (Å²) in [6, 6.07) is 6.51. The van der Waals surface area contributed by atoms with Gasteiger partial charge in [-0.15, -0.1) is 0 Å². The summed E-state index contributed by atoms with van der Waals surface area (Å²) in [6.45, 7) is 5.69. The Morgan fingerprint density at radius 3 is 2.70 bits per heavy atom. The monoisotopic (exact) mass is 355 g/mol. The van der Waals surface area contributed by atoms with Gasteiger partial charge in [-0.3, -0.25) is 4.90 Å². The lowest BCUT2D eigenvalue weighted by Crippen LogP contribution is -2.41. The molecular formula is C15H22BrN3S. The summed E-state index contributed by atoms with van der Waals surface area (Å²) in [4.78, 5) is 2.99. The molecule has 0 aliphatic carbocycles. The van der Waals surface area contributed by atoms with Crippen molar-refractivity contribution in [2.75, 3.05) is 25.0 Å². The topological polar surface area (TPSA) is 41.3 Å². The highest BCUT2D eigenvalue weighted by molar-refractivity contribution is 9.10. The van der Waals surface area contributed by atoms with E-state index in [1.165, 1.54) is 32.4 Å². The quantitative estimate of drug-likeness (QED) is 0.794. The number of anilines is 1. The van der Waals surface area contributed by atoms with E-state index >= 15 is 0 Å². The minimum Gasteiger partial charge on any atom is -0.389 e. The zero-order chi connectivity index (χ0) is 14.5. The molecule has 20 heavy (non-hydrogen) atoms. The van der Waals surface area contributed by atoms with E-state index < -0.39 is 0 Å². The fraction of sp³-hybridized carbons (Fsp3) is 0.533. The fourth-order valence-electron chi connectivity index (χ4n) is 2.56. The third-order valence-corrected chi connectivity index (χ3v) is 4.75. The van der Waals surface area contributed by atoms with Crippen molar-refractivity contribution in [1.29, 1.82) is 0 Å². The molecule has 1 aromatic rings. The number of thiocarbonyl (C=S) groups is 1. The lowest BCUT2D eigenvalue weighted by molar-refractivity contribution is 0.180. The van der Waals surface area contributed by atoms with Gasteiger partial charge in [-0.05, 0) is 67.0 Å². The van der Waals surface area contributed by atoms with Crippen molar-refractivity contribution in [3.05, 3.63) is 28.2 Å². The number of nitrogens with zero attached hydrogens (tertiary/aromatic N) is 1. The molecule has 110 valence electrons. The summed E-state index contributed by atoms with van der Waals surface area (Å²) in [7, 11) is 0. The predicted molar refractivity (Wildman–Crippen MR) is 93.4 cm³/mol. The molecule has 3 nitrogen and oxygen atoms in total. The molecule has 5 heteroatoms. The summed E-state index contributed by atoms with van der Waals surface area (Å²) in [5.41, 5.74) is 7.62. The lowest BCUT2D eigenvalue weighted by atomic mass is 10.1. The van der Waals surface area contributed by atoms with E-state index in [9.17, 15) is 0 Å². The first kappa shape index (κ1) is 15.7. The van der Waals surface area contributed by atoms with Crippen LogP contribution in [0.2, 0.25) is 0 Å². The Balaban J connectivity index is 1.91. The van der Waals surface area contributed by atoms with Gasteiger partial charge in [0.15, 0.2) is 0 Å². The maximum atomic E-state index is 5.64. The van der Waals surface area contributed by atoms with E-state index in [2.05, 4.69) is 33.1 Å². The van der Waals surface area contributed by atoms with E-state index in [0.717, 1.165) is 22.3 Å². The molecular weight excluding hydrogens is 334 g/mol. The third-order valence-electron chi connectivity index (χ3n) is 3.86. The van der Waals surface area contributed by atoms with Crippen molar-refractivity contribution in [2.24, 2.45) is 5.73 Å². The van der Waals surface area contributed by atoms with E-state index in [0.29, 0.717) is 11.0 Å². The molecule has 1 heterocycles. The Kier molecular flexibility index (Phi) is 5.81. The molecule has 0 spiro atoms. The molecule has 2 rings (SSSR count). The van der Waals surface area contributed by atoms with Gasteiger partial charge in [0, 0.05) is 28.3 Å². The Labute approximate surface area is 135 Å². The van der Waals surface area contributed by atoms with Crippen molar-refractivity contribution in [3.63, 3.8) is 0 Å². The Bertz CT molecular complexity index is 472. The summed E-state index contributed by atoms with van der Waals surface area (Å²) >= 11 is 8.56. The normalized spacial score (nSPS) is 17.7. The zero-order valence-corrected chi connectivity index (χ0v) is 14.3. The van der Waals surface area contributed by atoms with Gasteiger partial charge >= 0.3 is 0 Å². The van der Waals surface area contributed by atoms with Crippen LogP contribution in [0.15, 0.2) is 22.7 Å². The van der Waals surface area contributed by atoms with Crippen LogP contribution in [-0.2, 0) is 0 Å². The van der Waals surface area contributed by atoms with Gasteiger partial charge in [-0.2, -0.15) is 0 Å². The van der Waals surface area contributed by atoms with Crippen molar-refractivity contribution < 1.29 is 0 Å². The number of rotatable bonds is 5. The minimum absolute atomic E-state index is 0.430. The molecule has 1 aliphatic rings. The maximum Gasteiger partial charge on any atom is 0.104 e. The summed E-state index contributed by atoms with van der Waals surface area (Å²) in [6.07, 6.45) is 4.04. The Morgan fingerprint density at radius 1 is 1.40 bits per heavy atom. The molecule has 1 atom stereocenters. The standard InChI is InChI=1S/C15H22BrN3S/c1-11(19-7-3-2-4-8-19)10-18-14-6-5-12(15(17)20)9-13(14)16/h5-6,9,11,18H,2-4,7-8,10H2,1H3,(H2,17,20). The second-order valence-electron chi connectivity index (χ2n) is 5.39. The van der Waals surface area contributed by atoms with Crippen molar-refractivity contribution >= 4 is 38.8 Å². The van der Waals surface area contributed by atoms with Crippen LogP contribution in [0.25, 0.3) is 0 Å². The molecule has 1 saturated heterocycles.